The van der Waals surface area contributed by atoms with Crippen LogP contribution in [0.15, 0.2) is 0 Å². The summed E-state index contributed by atoms with van der Waals surface area (Å²) in [7, 11) is 1.56. The van der Waals surface area contributed by atoms with E-state index in [0.29, 0.717) is 24.8 Å². The van der Waals surface area contributed by atoms with Crippen molar-refractivity contribution in [2.75, 3.05) is 26.8 Å². The van der Waals surface area contributed by atoms with Crippen LogP contribution in [0.25, 0.3) is 0 Å². The summed E-state index contributed by atoms with van der Waals surface area (Å²) < 4.78 is 16.7. The zero-order valence-corrected chi connectivity index (χ0v) is 5.35. The van der Waals surface area contributed by atoms with E-state index in [0.717, 1.165) is 0 Å². The van der Waals surface area contributed by atoms with E-state index in [1.807, 2.05) is 0 Å². The van der Waals surface area contributed by atoms with Gasteiger partial charge in [0.1, 0.15) is 0 Å². The van der Waals surface area contributed by atoms with Gasteiger partial charge in [-0.2, -0.15) is 0 Å². The number of halogens is 1. The molecular weight excluding hydrogens is 109 g/mol. The van der Waals surface area contributed by atoms with E-state index in [1.165, 1.54) is 0 Å². The Balaban J connectivity index is 2.86. The second-order valence-corrected chi connectivity index (χ2v) is 1.50. The highest BCUT2D eigenvalue weighted by molar-refractivity contribution is 4.36. The van der Waals surface area contributed by atoms with Crippen molar-refractivity contribution in [3.05, 3.63) is 0 Å². The molecule has 0 aromatic carbocycles. The van der Waals surface area contributed by atoms with Crippen molar-refractivity contribution in [3.8, 4) is 0 Å². The van der Waals surface area contributed by atoms with Gasteiger partial charge in [0.2, 0.25) is 0 Å². The van der Waals surface area contributed by atoms with E-state index in [-0.39, 0.29) is 0 Å². The normalized spacial score (nSPS) is 10.5. The lowest BCUT2D eigenvalue weighted by molar-refractivity contribution is 0.00716. The first kappa shape index (κ1) is 7.85. The molecular formula is C5H12FNO. The summed E-state index contributed by atoms with van der Waals surface area (Å²) in [6.45, 7) is 3.02. The standard InChI is InChI=1S/C5H12FNO/c1-3-7(6)4-5-8-2/h3-5H2,1-2H3. The Kier molecular flexibility index (Phi) is 4.90. The van der Waals surface area contributed by atoms with Gasteiger partial charge in [-0.25, -0.2) is 0 Å². The van der Waals surface area contributed by atoms with Crippen LogP contribution in [0.5, 0.6) is 0 Å². The predicted molar refractivity (Wildman–Crippen MR) is 30.2 cm³/mol. The maximum atomic E-state index is 12.1. The van der Waals surface area contributed by atoms with Gasteiger partial charge in [-0.3, -0.25) is 0 Å². The SMILES string of the molecule is CCN(F)CCOC. The molecule has 0 heterocycles. The van der Waals surface area contributed by atoms with Gasteiger partial charge >= 0.3 is 0 Å². The molecule has 3 heteroatoms. The van der Waals surface area contributed by atoms with Crippen molar-refractivity contribution in [3.63, 3.8) is 0 Å². The van der Waals surface area contributed by atoms with Gasteiger partial charge in [0, 0.05) is 13.7 Å². The molecule has 0 aliphatic carbocycles. The summed E-state index contributed by atoms with van der Waals surface area (Å²) in [6.07, 6.45) is 0. The topological polar surface area (TPSA) is 12.5 Å². The molecule has 0 aromatic rings. The van der Waals surface area contributed by atoms with Gasteiger partial charge in [-0.15, -0.1) is 9.60 Å². The fourth-order valence-corrected chi connectivity index (χ4v) is 0.348. The minimum atomic E-state index is 0.368. The van der Waals surface area contributed by atoms with Crippen molar-refractivity contribution < 1.29 is 9.22 Å². The van der Waals surface area contributed by atoms with Gasteiger partial charge < -0.3 is 4.74 Å². The third-order valence-electron chi connectivity index (χ3n) is 0.881. The van der Waals surface area contributed by atoms with Crippen molar-refractivity contribution in [1.29, 1.82) is 0 Å². The van der Waals surface area contributed by atoms with Crippen LogP contribution in [0.3, 0.4) is 0 Å². The number of likely N-dealkylation sites (N-methyl/N-ethyl adjacent to an activating group) is 1. The van der Waals surface area contributed by atoms with Gasteiger partial charge in [0.05, 0.1) is 13.2 Å². The molecule has 0 saturated carbocycles. The van der Waals surface area contributed by atoms with E-state index < -0.39 is 0 Å². The molecule has 0 atom stereocenters. The maximum Gasteiger partial charge on any atom is 0.0615 e. The summed E-state index contributed by atoms with van der Waals surface area (Å²) >= 11 is 0. The minimum Gasteiger partial charge on any atom is -0.383 e. The van der Waals surface area contributed by atoms with Gasteiger partial charge in [0.25, 0.3) is 0 Å². The number of rotatable bonds is 4. The zero-order chi connectivity index (χ0) is 6.41. The van der Waals surface area contributed by atoms with Crippen molar-refractivity contribution in [2.24, 2.45) is 0 Å². The van der Waals surface area contributed by atoms with Crippen molar-refractivity contribution in [2.45, 2.75) is 6.92 Å². The average molecular weight is 121 g/mol. The molecule has 50 valence electrons. The molecule has 0 amide bonds. The number of hydrogen-bond donors (Lipinski definition) is 0. The Morgan fingerprint density at radius 1 is 1.62 bits per heavy atom. The molecule has 0 spiro atoms. The summed E-state index contributed by atoms with van der Waals surface area (Å²) in [5.41, 5.74) is 0. The van der Waals surface area contributed by atoms with Crippen LogP contribution in [0.2, 0.25) is 0 Å². The highest BCUT2D eigenvalue weighted by Gasteiger charge is 1.94. The second-order valence-electron chi connectivity index (χ2n) is 1.50. The molecule has 0 aliphatic heterocycles. The first-order chi connectivity index (χ1) is 3.81. The van der Waals surface area contributed by atoms with E-state index >= 15 is 0 Å². The fraction of sp³-hybridized carbons (Fsp3) is 1.00. The monoisotopic (exact) mass is 121 g/mol. The molecule has 0 unspecified atom stereocenters. The molecule has 8 heavy (non-hydrogen) atoms. The molecule has 0 rings (SSSR count). The van der Waals surface area contributed by atoms with Crippen molar-refractivity contribution in [1.82, 2.24) is 5.12 Å². The Hall–Kier alpha value is -0.150. The molecule has 2 nitrogen and oxygen atoms in total. The third kappa shape index (κ3) is 4.02. The van der Waals surface area contributed by atoms with Crippen LogP contribution < -0.4 is 0 Å². The number of ether oxygens (including phenoxy) is 1. The van der Waals surface area contributed by atoms with Crippen molar-refractivity contribution >= 4 is 0 Å². The molecule has 0 bridgehead atoms. The lowest BCUT2D eigenvalue weighted by atomic mass is 10.6. The maximum absolute atomic E-state index is 12.1. The first-order valence-electron chi connectivity index (χ1n) is 2.71. The fourth-order valence-electron chi connectivity index (χ4n) is 0.348. The number of nitrogens with zero attached hydrogens (tertiary/aromatic N) is 1. The van der Waals surface area contributed by atoms with E-state index in [9.17, 15) is 4.48 Å². The van der Waals surface area contributed by atoms with Crippen LogP contribution in [-0.4, -0.2) is 31.9 Å². The molecule has 0 radical (unpaired) electrons. The summed E-state index contributed by atoms with van der Waals surface area (Å²) in [5, 5.41) is 0.712. The minimum absolute atomic E-state index is 0.368. The Morgan fingerprint density at radius 3 is 2.62 bits per heavy atom. The zero-order valence-electron chi connectivity index (χ0n) is 5.35. The molecule has 0 saturated heterocycles. The van der Waals surface area contributed by atoms with Crippen LogP contribution in [0.1, 0.15) is 6.92 Å². The third-order valence-corrected chi connectivity index (χ3v) is 0.881. The molecule has 0 fully saturated rings. The lowest BCUT2D eigenvalue weighted by Crippen LogP contribution is -2.17. The molecule has 0 N–H and O–H groups in total. The highest BCUT2D eigenvalue weighted by atomic mass is 19.2. The average Bonchev–Trinajstić information content (AvgIpc) is 1.83. The van der Waals surface area contributed by atoms with E-state index in [4.69, 9.17) is 0 Å². The first-order valence-corrected chi connectivity index (χ1v) is 2.71. The Bertz CT molecular complexity index is 51.7. The highest BCUT2D eigenvalue weighted by Crippen LogP contribution is 1.85. The van der Waals surface area contributed by atoms with Crippen LogP contribution in [0.4, 0.5) is 4.48 Å². The van der Waals surface area contributed by atoms with Crippen LogP contribution >= 0.6 is 0 Å². The van der Waals surface area contributed by atoms with Gasteiger partial charge in [0.15, 0.2) is 0 Å². The van der Waals surface area contributed by atoms with Gasteiger partial charge in [-0.1, -0.05) is 0 Å². The summed E-state index contributed by atoms with van der Waals surface area (Å²) in [4.78, 5) is 0. The van der Waals surface area contributed by atoms with E-state index in [2.05, 4.69) is 4.74 Å². The Morgan fingerprint density at radius 2 is 2.25 bits per heavy atom. The summed E-state index contributed by atoms with van der Waals surface area (Å²) in [6, 6.07) is 0. The number of hydrogen-bond acceptors (Lipinski definition) is 2. The largest absolute Gasteiger partial charge is 0.383 e. The quantitative estimate of drug-likeness (QED) is 0.511. The molecule has 0 aliphatic rings. The summed E-state index contributed by atoms with van der Waals surface area (Å²) in [5.74, 6) is 0. The van der Waals surface area contributed by atoms with Gasteiger partial charge in [-0.05, 0) is 6.92 Å². The predicted octanol–water partition coefficient (Wildman–Crippen LogP) is 0.839. The smallest absolute Gasteiger partial charge is 0.0615 e. The lowest BCUT2D eigenvalue weighted by Gasteiger charge is -2.05. The molecule has 0 aromatic heterocycles. The number of methoxy groups -OCH3 is 1. The second kappa shape index (κ2) is 5.00. The van der Waals surface area contributed by atoms with Crippen LogP contribution in [-0.2, 0) is 4.74 Å². The Labute approximate surface area is 49.2 Å². The van der Waals surface area contributed by atoms with E-state index in [1.54, 1.807) is 14.0 Å². The van der Waals surface area contributed by atoms with Crippen LogP contribution in [0, 0.1) is 0 Å².